The van der Waals surface area contributed by atoms with Gasteiger partial charge in [-0.2, -0.15) is 4.31 Å². The zero-order valence-corrected chi connectivity index (χ0v) is 12.1. The lowest BCUT2D eigenvalue weighted by Gasteiger charge is -2.32. The monoisotopic (exact) mass is 286 g/mol. The molecular weight excluding hydrogens is 268 g/mol. The minimum Gasteiger partial charge on any atom is -0.369 e. The second-order valence-corrected chi connectivity index (χ2v) is 6.62. The number of hydrogen-bond donors (Lipinski definition) is 0. The summed E-state index contributed by atoms with van der Waals surface area (Å²) in [6.07, 6.45) is 4.02. The third kappa shape index (κ3) is 3.20. The summed E-state index contributed by atoms with van der Waals surface area (Å²) in [6, 6.07) is 0. The normalized spacial score (nSPS) is 21.3. The van der Waals surface area contributed by atoms with Crippen molar-refractivity contribution in [2.45, 2.75) is 6.10 Å². The van der Waals surface area contributed by atoms with Gasteiger partial charge in [-0.25, -0.2) is 13.4 Å². The lowest BCUT2D eigenvalue weighted by atomic mass is 10.2. The van der Waals surface area contributed by atoms with Crippen LogP contribution in [0.1, 0.15) is 11.8 Å². The van der Waals surface area contributed by atoms with Crippen LogP contribution >= 0.6 is 0 Å². The average molecular weight is 286 g/mol. The van der Waals surface area contributed by atoms with E-state index >= 15 is 0 Å². The predicted molar refractivity (Wildman–Crippen MR) is 71.5 cm³/mol. The summed E-state index contributed by atoms with van der Waals surface area (Å²) in [5, 5.41) is 0. The minimum atomic E-state index is -3.21. The molecule has 1 aliphatic rings. The third-order valence-corrected chi connectivity index (χ3v) is 4.20. The van der Waals surface area contributed by atoms with Gasteiger partial charge in [-0.3, -0.25) is 4.98 Å². The number of hydrogen-bond acceptors (Lipinski definition) is 6. The lowest BCUT2D eigenvalue weighted by Crippen LogP contribution is -2.42. The quantitative estimate of drug-likeness (QED) is 0.771. The van der Waals surface area contributed by atoms with E-state index in [1.165, 1.54) is 10.6 Å². The summed E-state index contributed by atoms with van der Waals surface area (Å²) in [6.45, 7) is 1.02. The van der Waals surface area contributed by atoms with E-state index in [4.69, 9.17) is 4.74 Å². The highest BCUT2D eigenvalue weighted by molar-refractivity contribution is 7.88. The molecule has 1 atom stereocenters. The Labute approximate surface area is 113 Å². The van der Waals surface area contributed by atoms with Crippen LogP contribution in [0.25, 0.3) is 0 Å². The Bertz CT molecular complexity index is 547. The zero-order valence-electron chi connectivity index (χ0n) is 11.3. The predicted octanol–water partition coefficient (Wildman–Crippen LogP) is -0.124. The Kier molecular flexibility index (Phi) is 4.02. The van der Waals surface area contributed by atoms with Gasteiger partial charge in [-0.05, 0) is 0 Å². The Morgan fingerprint density at radius 1 is 1.37 bits per heavy atom. The first-order valence-corrected chi connectivity index (χ1v) is 7.79. The van der Waals surface area contributed by atoms with Gasteiger partial charge in [0.25, 0.3) is 0 Å². The molecule has 106 valence electrons. The Morgan fingerprint density at radius 2 is 2.05 bits per heavy atom. The fourth-order valence-corrected chi connectivity index (χ4v) is 2.82. The molecule has 0 spiro atoms. The second-order valence-electron chi connectivity index (χ2n) is 4.64. The number of ether oxygens (including phenoxy) is 1. The van der Waals surface area contributed by atoms with Crippen molar-refractivity contribution in [3.8, 4) is 0 Å². The van der Waals surface area contributed by atoms with Crippen molar-refractivity contribution in [2.24, 2.45) is 0 Å². The molecule has 0 unspecified atom stereocenters. The van der Waals surface area contributed by atoms with Crippen LogP contribution < -0.4 is 4.90 Å². The molecule has 1 saturated heterocycles. The van der Waals surface area contributed by atoms with Gasteiger partial charge >= 0.3 is 0 Å². The van der Waals surface area contributed by atoms with Crippen LogP contribution in [-0.4, -0.2) is 62.7 Å². The smallest absolute Gasteiger partial charge is 0.211 e. The van der Waals surface area contributed by atoms with Crippen molar-refractivity contribution in [1.82, 2.24) is 14.3 Å². The van der Waals surface area contributed by atoms with Crippen LogP contribution in [0.4, 0.5) is 5.82 Å². The number of anilines is 1. The van der Waals surface area contributed by atoms with Crippen LogP contribution in [0.2, 0.25) is 0 Å². The van der Waals surface area contributed by atoms with Crippen molar-refractivity contribution in [1.29, 1.82) is 0 Å². The van der Waals surface area contributed by atoms with Crippen molar-refractivity contribution in [2.75, 3.05) is 44.9 Å². The number of morpholine rings is 1. The van der Waals surface area contributed by atoms with Gasteiger partial charge in [0, 0.05) is 39.6 Å². The molecule has 0 aromatic carbocycles. The fraction of sp³-hybridized carbons (Fsp3) is 0.636. The molecular formula is C11H18N4O3S. The van der Waals surface area contributed by atoms with Crippen molar-refractivity contribution in [3.05, 3.63) is 18.1 Å². The number of sulfonamides is 1. The van der Waals surface area contributed by atoms with Gasteiger partial charge in [-0.15, -0.1) is 0 Å². The van der Waals surface area contributed by atoms with Gasteiger partial charge in [0.2, 0.25) is 10.0 Å². The van der Waals surface area contributed by atoms with E-state index in [1.54, 1.807) is 12.4 Å². The molecule has 2 rings (SSSR count). The van der Waals surface area contributed by atoms with E-state index in [9.17, 15) is 8.42 Å². The molecule has 0 amide bonds. The molecule has 8 heteroatoms. The highest BCUT2D eigenvalue weighted by atomic mass is 32.2. The summed E-state index contributed by atoms with van der Waals surface area (Å²) < 4.78 is 30.3. The van der Waals surface area contributed by atoms with Crippen molar-refractivity contribution < 1.29 is 13.2 Å². The summed E-state index contributed by atoms with van der Waals surface area (Å²) in [5.74, 6) is 0.697. The molecule has 0 bridgehead atoms. The van der Waals surface area contributed by atoms with E-state index in [1.807, 2.05) is 19.0 Å². The first-order valence-electron chi connectivity index (χ1n) is 5.94. The van der Waals surface area contributed by atoms with E-state index in [2.05, 4.69) is 9.97 Å². The SMILES string of the molecule is CN(C)c1nccnc1[C@@H]1CN(S(C)(=O)=O)CCO1. The number of nitrogens with zero attached hydrogens (tertiary/aromatic N) is 4. The largest absolute Gasteiger partial charge is 0.369 e. The molecule has 0 radical (unpaired) electrons. The maximum absolute atomic E-state index is 11.6. The molecule has 1 fully saturated rings. The number of rotatable bonds is 3. The second kappa shape index (κ2) is 5.40. The highest BCUT2D eigenvalue weighted by Crippen LogP contribution is 2.27. The van der Waals surface area contributed by atoms with Crippen LogP contribution in [-0.2, 0) is 14.8 Å². The van der Waals surface area contributed by atoms with Gasteiger partial charge in [0.05, 0.1) is 12.9 Å². The minimum absolute atomic E-state index is 0.276. The molecule has 0 saturated carbocycles. The zero-order chi connectivity index (χ0) is 14.0. The van der Waals surface area contributed by atoms with Gasteiger partial charge < -0.3 is 9.64 Å². The first kappa shape index (κ1) is 14.2. The van der Waals surface area contributed by atoms with Crippen molar-refractivity contribution in [3.63, 3.8) is 0 Å². The van der Waals surface area contributed by atoms with Crippen LogP contribution in [0.15, 0.2) is 12.4 Å². The van der Waals surface area contributed by atoms with Gasteiger partial charge in [-0.1, -0.05) is 0 Å². The molecule has 1 aromatic heterocycles. The van der Waals surface area contributed by atoms with Gasteiger partial charge in [0.1, 0.15) is 11.8 Å². The van der Waals surface area contributed by atoms with E-state index in [0.29, 0.717) is 24.7 Å². The molecule has 0 aliphatic carbocycles. The highest BCUT2D eigenvalue weighted by Gasteiger charge is 2.30. The summed E-state index contributed by atoms with van der Waals surface area (Å²) in [4.78, 5) is 10.4. The summed E-state index contributed by atoms with van der Waals surface area (Å²) in [5.41, 5.74) is 0.667. The standard InChI is InChI=1S/C11H18N4O3S/c1-14(2)11-10(12-4-5-13-11)9-8-15(6-7-18-9)19(3,16)17/h4-5,9H,6-8H2,1-3H3/t9-/m0/s1. The van der Waals surface area contributed by atoms with Crippen LogP contribution in [0.5, 0.6) is 0 Å². The maximum atomic E-state index is 11.6. The number of aromatic nitrogens is 2. The van der Waals surface area contributed by atoms with E-state index in [-0.39, 0.29) is 12.6 Å². The molecule has 2 heterocycles. The Balaban J connectivity index is 2.27. The molecule has 19 heavy (non-hydrogen) atoms. The Morgan fingerprint density at radius 3 is 2.68 bits per heavy atom. The van der Waals surface area contributed by atoms with Crippen LogP contribution in [0.3, 0.4) is 0 Å². The topological polar surface area (TPSA) is 75.6 Å². The molecule has 7 nitrogen and oxygen atoms in total. The summed E-state index contributed by atoms with van der Waals surface area (Å²) >= 11 is 0. The third-order valence-electron chi connectivity index (χ3n) is 2.93. The van der Waals surface area contributed by atoms with E-state index < -0.39 is 10.0 Å². The van der Waals surface area contributed by atoms with Crippen molar-refractivity contribution >= 4 is 15.8 Å². The maximum Gasteiger partial charge on any atom is 0.211 e. The average Bonchev–Trinajstić information content (AvgIpc) is 2.38. The summed E-state index contributed by atoms with van der Waals surface area (Å²) in [7, 11) is 0.523. The first-order chi connectivity index (χ1) is 8.89. The fourth-order valence-electron chi connectivity index (χ4n) is 2.01. The lowest BCUT2D eigenvalue weighted by molar-refractivity contribution is -0.00460. The molecule has 1 aromatic rings. The Hall–Kier alpha value is -1.25. The van der Waals surface area contributed by atoms with E-state index in [0.717, 1.165) is 0 Å². The molecule has 1 aliphatic heterocycles. The molecule has 0 N–H and O–H groups in total. The van der Waals surface area contributed by atoms with Crippen LogP contribution in [0, 0.1) is 0 Å². The van der Waals surface area contributed by atoms with Gasteiger partial charge in [0.15, 0.2) is 5.82 Å².